The van der Waals surface area contributed by atoms with Crippen LogP contribution in [0, 0.1) is 0 Å². The topological polar surface area (TPSA) is 42.0 Å². The summed E-state index contributed by atoms with van der Waals surface area (Å²) in [5.74, 6) is -0.355. The van der Waals surface area contributed by atoms with Crippen LogP contribution in [0.2, 0.25) is 0 Å². The van der Waals surface area contributed by atoms with Crippen molar-refractivity contribution in [3.63, 3.8) is 0 Å². The number of aryl methyl sites for hydroxylation is 2. The summed E-state index contributed by atoms with van der Waals surface area (Å²) in [5.41, 5.74) is 3.16. The van der Waals surface area contributed by atoms with Crippen LogP contribution < -0.4 is 5.32 Å². The molecule has 1 amide bonds. The highest BCUT2D eigenvalue weighted by Crippen LogP contribution is 2.31. The summed E-state index contributed by atoms with van der Waals surface area (Å²) in [6.07, 6.45) is 4.53. The van der Waals surface area contributed by atoms with Gasteiger partial charge in [-0.25, -0.2) is 4.98 Å². The third kappa shape index (κ3) is 3.97. The second-order valence-electron chi connectivity index (χ2n) is 6.34. The normalized spacial score (nSPS) is 13.0. The van der Waals surface area contributed by atoms with E-state index < -0.39 is 0 Å². The van der Waals surface area contributed by atoms with Crippen LogP contribution in [0.1, 0.15) is 40.5 Å². The second-order valence-corrected chi connectivity index (χ2v) is 7.42. The third-order valence-corrected chi connectivity index (χ3v) is 5.68. The van der Waals surface area contributed by atoms with Crippen LogP contribution in [0.5, 0.6) is 0 Å². The number of carbonyl (C=O) groups is 1. The highest BCUT2D eigenvalue weighted by atomic mass is 35.5. The van der Waals surface area contributed by atoms with Gasteiger partial charge in [-0.05, 0) is 36.8 Å². The summed E-state index contributed by atoms with van der Waals surface area (Å²) in [7, 11) is 0. The average molecular weight is 385 g/mol. The molecule has 0 saturated carbocycles. The summed E-state index contributed by atoms with van der Waals surface area (Å²) in [6, 6.07) is 19.8. The summed E-state index contributed by atoms with van der Waals surface area (Å²) in [5, 5.41) is 3.80. The maximum Gasteiger partial charge on any atom is 0.238 e. The van der Waals surface area contributed by atoms with Crippen LogP contribution in [-0.4, -0.2) is 10.9 Å². The van der Waals surface area contributed by atoms with Crippen LogP contribution in [0.25, 0.3) is 0 Å². The van der Waals surface area contributed by atoms with Gasteiger partial charge in [-0.15, -0.1) is 23.7 Å². The summed E-state index contributed by atoms with van der Waals surface area (Å²) >= 11 is 1.63. The molecular formula is C21H21ClN2OS. The van der Waals surface area contributed by atoms with Crippen molar-refractivity contribution >= 4 is 34.8 Å². The number of hydrogen-bond donors (Lipinski definition) is 1. The van der Waals surface area contributed by atoms with Crippen LogP contribution >= 0.6 is 23.7 Å². The van der Waals surface area contributed by atoms with Gasteiger partial charge in [-0.2, -0.15) is 0 Å². The molecule has 1 N–H and O–H groups in total. The first-order valence-corrected chi connectivity index (χ1v) is 9.52. The lowest BCUT2D eigenvalue weighted by Gasteiger charge is -2.17. The molecule has 0 saturated heterocycles. The standard InChI is InChI=1S/C21H20N2OS.ClH/c24-20(23-21-22-17-13-7-8-14-18(17)25-21)19(15-9-3-1-4-10-15)16-11-5-2-6-12-16;/h1-6,9-12,19H,7-8,13-14H2,(H,22,23,24);1H. The molecule has 0 radical (unpaired) electrons. The number of carbonyl (C=O) groups excluding carboxylic acids is 1. The molecule has 0 bridgehead atoms. The van der Waals surface area contributed by atoms with Gasteiger partial charge in [0, 0.05) is 4.88 Å². The summed E-state index contributed by atoms with van der Waals surface area (Å²) in [6.45, 7) is 0. The molecular weight excluding hydrogens is 364 g/mol. The van der Waals surface area contributed by atoms with Crippen molar-refractivity contribution < 1.29 is 4.79 Å². The second kappa shape index (κ2) is 8.47. The number of amides is 1. The number of anilines is 1. The lowest BCUT2D eigenvalue weighted by molar-refractivity contribution is -0.116. The Morgan fingerprint density at radius 1 is 0.923 bits per heavy atom. The molecule has 1 aliphatic rings. The number of thiazole rings is 1. The molecule has 0 aliphatic heterocycles. The maximum atomic E-state index is 13.1. The quantitative estimate of drug-likeness (QED) is 0.670. The average Bonchev–Trinajstić information content (AvgIpc) is 3.06. The van der Waals surface area contributed by atoms with E-state index in [2.05, 4.69) is 10.3 Å². The molecule has 3 aromatic rings. The Balaban J connectivity index is 0.00000196. The first-order valence-electron chi connectivity index (χ1n) is 8.70. The molecule has 0 atom stereocenters. The highest BCUT2D eigenvalue weighted by Gasteiger charge is 2.24. The molecule has 2 aromatic carbocycles. The summed E-state index contributed by atoms with van der Waals surface area (Å²) < 4.78 is 0. The van der Waals surface area contributed by atoms with Gasteiger partial charge in [0.1, 0.15) is 0 Å². The third-order valence-electron chi connectivity index (χ3n) is 4.60. The largest absolute Gasteiger partial charge is 0.301 e. The Bertz CT molecular complexity index is 801. The fourth-order valence-corrected chi connectivity index (χ4v) is 4.42. The minimum atomic E-state index is -0.330. The van der Waals surface area contributed by atoms with E-state index in [9.17, 15) is 4.79 Å². The minimum absolute atomic E-state index is 0. The van der Waals surface area contributed by atoms with Crippen LogP contribution in [0.15, 0.2) is 60.7 Å². The van der Waals surface area contributed by atoms with E-state index in [1.165, 1.54) is 23.4 Å². The van der Waals surface area contributed by atoms with Gasteiger partial charge in [0.05, 0.1) is 11.6 Å². The van der Waals surface area contributed by atoms with Gasteiger partial charge in [0.2, 0.25) is 5.91 Å². The Labute approximate surface area is 163 Å². The smallest absolute Gasteiger partial charge is 0.238 e. The summed E-state index contributed by atoms with van der Waals surface area (Å²) in [4.78, 5) is 19.1. The lowest BCUT2D eigenvalue weighted by atomic mass is 9.90. The number of nitrogens with one attached hydrogen (secondary N) is 1. The minimum Gasteiger partial charge on any atom is -0.301 e. The van der Waals surface area contributed by atoms with Crippen LogP contribution in [0.3, 0.4) is 0 Å². The molecule has 1 aromatic heterocycles. The molecule has 134 valence electrons. The Morgan fingerprint density at radius 2 is 1.50 bits per heavy atom. The van der Waals surface area contributed by atoms with Gasteiger partial charge >= 0.3 is 0 Å². The van der Waals surface area contributed by atoms with E-state index in [0.717, 1.165) is 29.1 Å². The van der Waals surface area contributed by atoms with Crippen molar-refractivity contribution in [3.05, 3.63) is 82.4 Å². The van der Waals surface area contributed by atoms with Crippen LogP contribution in [0.4, 0.5) is 5.13 Å². The predicted octanol–water partition coefficient (Wildman–Crippen LogP) is 5.21. The van der Waals surface area contributed by atoms with E-state index in [4.69, 9.17) is 0 Å². The van der Waals surface area contributed by atoms with Gasteiger partial charge in [-0.1, -0.05) is 60.7 Å². The number of rotatable bonds is 4. The Morgan fingerprint density at radius 3 is 2.08 bits per heavy atom. The zero-order valence-corrected chi connectivity index (χ0v) is 16.0. The molecule has 0 unspecified atom stereocenters. The number of hydrogen-bond acceptors (Lipinski definition) is 3. The van der Waals surface area contributed by atoms with Crippen molar-refractivity contribution in [2.45, 2.75) is 31.6 Å². The van der Waals surface area contributed by atoms with E-state index in [1.807, 2.05) is 60.7 Å². The van der Waals surface area contributed by atoms with Crippen molar-refractivity contribution in [1.29, 1.82) is 0 Å². The SMILES string of the molecule is Cl.O=C(Nc1nc2c(s1)CCCC2)C(c1ccccc1)c1ccccc1. The van der Waals surface area contributed by atoms with Gasteiger partial charge in [-0.3, -0.25) is 4.79 Å². The van der Waals surface area contributed by atoms with Crippen LogP contribution in [-0.2, 0) is 17.6 Å². The van der Waals surface area contributed by atoms with E-state index in [1.54, 1.807) is 11.3 Å². The fourth-order valence-electron chi connectivity index (χ4n) is 3.37. The first kappa shape index (κ1) is 18.6. The van der Waals surface area contributed by atoms with Crippen molar-refractivity contribution in [2.24, 2.45) is 0 Å². The molecule has 1 aliphatic carbocycles. The number of aromatic nitrogens is 1. The molecule has 26 heavy (non-hydrogen) atoms. The molecule has 5 heteroatoms. The van der Waals surface area contributed by atoms with E-state index in [-0.39, 0.29) is 24.2 Å². The predicted molar refractivity (Wildman–Crippen MR) is 109 cm³/mol. The molecule has 0 fully saturated rings. The van der Waals surface area contributed by atoms with E-state index in [0.29, 0.717) is 0 Å². The number of fused-ring (bicyclic) bond motifs is 1. The Hall–Kier alpha value is -2.17. The zero-order valence-electron chi connectivity index (χ0n) is 14.4. The molecule has 0 spiro atoms. The highest BCUT2D eigenvalue weighted by molar-refractivity contribution is 7.15. The molecule has 1 heterocycles. The zero-order chi connectivity index (χ0) is 17.1. The first-order chi connectivity index (χ1) is 12.3. The van der Waals surface area contributed by atoms with Gasteiger partial charge in [0.25, 0.3) is 0 Å². The monoisotopic (exact) mass is 384 g/mol. The van der Waals surface area contributed by atoms with Crippen molar-refractivity contribution in [1.82, 2.24) is 4.98 Å². The number of halogens is 1. The number of nitrogens with zero attached hydrogens (tertiary/aromatic N) is 1. The lowest BCUT2D eigenvalue weighted by Crippen LogP contribution is -2.22. The van der Waals surface area contributed by atoms with Crippen molar-refractivity contribution in [2.75, 3.05) is 5.32 Å². The van der Waals surface area contributed by atoms with Gasteiger partial charge in [0.15, 0.2) is 5.13 Å². The maximum absolute atomic E-state index is 13.1. The Kier molecular flexibility index (Phi) is 6.07. The molecule has 4 rings (SSSR count). The fraction of sp³-hybridized carbons (Fsp3) is 0.238. The van der Waals surface area contributed by atoms with E-state index >= 15 is 0 Å². The number of benzene rings is 2. The van der Waals surface area contributed by atoms with Gasteiger partial charge < -0.3 is 5.32 Å². The van der Waals surface area contributed by atoms with Crippen molar-refractivity contribution in [3.8, 4) is 0 Å². The molecule has 3 nitrogen and oxygen atoms in total.